The van der Waals surface area contributed by atoms with Gasteiger partial charge in [0.25, 0.3) is 0 Å². The van der Waals surface area contributed by atoms with Gasteiger partial charge in [0.2, 0.25) is 5.91 Å². The Morgan fingerprint density at radius 3 is 2.62 bits per heavy atom. The molecule has 2 rings (SSSR count). The second-order valence-corrected chi connectivity index (χ2v) is 5.11. The van der Waals surface area contributed by atoms with E-state index in [4.69, 9.17) is 5.11 Å². The van der Waals surface area contributed by atoms with Crippen molar-refractivity contribution in [2.24, 2.45) is 0 Å². The maximum atomic E-state index is 12.4. The fourth-order valence-electron chi connectivity index (χ4n) is 1.95. The summed E-state index contributed by atoms with van der Waals surface area (Å²) >= 11 is 0. The number of benzene rings is 1. The molecule has 0 spiro atoms. The van der Waals surface area contributed by atoms with Crippen LogP contribution in [0.5, 0.6) is 5.75 Å². The number of likely N-dealkylation sites (N-methyl/N-ethyl adjacent to an activating group) is 1. The first-order valence-corrected chi connectivity index (χ1v) is 6.83. The summed E-state index contributed by atoms with van der Waals surface area (Å²) in [6.07, 6.45) is 3.01. The lowest BCUT2D eigenvalue weighted by molar-refractivity contribution is -0.129. The van der Waals surface area contributed by atoms with Crippen LogP contribution in [0.4, 0.5) is 8.78 Å². The Morgan fingerprint density at radius 2 is 2.04 bits per heavy atom. The molecule has 0 saturated heterocycles. The van der Waals surface area contributed by atoms with Crippen LogP contribution in [0.2, 0.25) is 0 Å². The number of rotatable bonds is 6. The third-order valence-corrected chi connectivity index (χ3v) is 3.19. The number of carboxylic acids is 1. The van der Waals surface area contributed by atoms with Crippen LogP contribution in [0, 0.1) is 0 Å². The summed E-state index contributed by atoms with van der Waals surface area (Å²) in [7, 11) is 3.23. The Labute approximate surface area is 136 Å². The molecule has 0 fully saturated rings. The van der Waals surface area contributed by atoms with Gasteiger partial charge in [-0.15, -0.1) is 0 Å². The molecule has 0 radical (unpaired) electrons. The maximum absolute atomic E-state index is 12.4. The number of amides is 1. The molecular weight excluding hydrogens is 324 g/mol. The molecule has 0 saturated carbocycles. The predicted octanol–water partition coefficient (Wildman–Crippen LogP) is 1.94. The number of ether oxygens (including phenoxy) is 1. The third-order valence-electron chi connectivity index (χ3n) is 3.19. The van der Waals surface area contributed by atoms with E-state index in [0.29, 0.717) is 11.1 Å². The molecule has 7 nitrogen and oxygen atoms in total. The minimum Gasteiger partial charge on any atom is -0.478 e. The van der Waals surface area contributed by atoms with Gasteiger partial charge in [0, 0.05) is 25.9 Å². The Bertz CT molecular complexity index is 759. The van der Waals surface area contributed by atoms with E-state index < -0.39 is 18.3 Å². The highest BCUT2D eigenvalue weighted by Gasteiger charge is 2.17. The zero-order chi connectivity index (χ0) is 17.9. The lowest BCUT2D eigenvalue weighted by Gasteiger charge is -2.10. The molecule has 0 aliphatic heterocycles. The first-order chi connectivity index (χ1) is 11.3. The first-order valence-electron chi connectivity index (χ1n) is 6.83. The van der Waals surface area contributed by atoms with Gasteiger partial charge in [-0.05, 0) is 17.7 Å². The molecule has 0 atom stereocenters. The lowest BCUT2D eigenvalue weighted by atomic mass is 10.1. The van der Waals surface area contributed by atoms with Gasteiger partial charge < -0.3 is 14.7 Å². The van der Waals surface area contributed by atoms with Gasteiger partial charge in [-0.3, -0.25) is 9.48 Å². The van der Waals surface area contributed by atoms with E-state index in [2.05, 4.69) is 9.84 Å². The Hall–Kier alpha value is -2.97. The molecule has 24 heavy (non-hydrogen) atoms. The van der Waals surface area contributed by atoms with Gasteiger partial charge in [0.15, 0.2) is 0 Å². The number of hydrogen-bond acceptors (Lipinski definition) is 4. The molecule has 9 heteroatoms. The average molecular weight is 339 g/mol. The van der Waals surface area contributed by atoms with Crippen molar-refractivity contribution in [3.8, 4) is 16.9 Å². The molecule has 0 aliphatic rings. The molecule has 1 heterocycles. The summed E-state index contributed by atoms with van der Waals surface area (Å²) in [6.45, 7) is -3.11. The van der Waals surface area contributed by atoms with Gasteiger partial charge in [0.05, 0.1) is 6.20 Å². The van der Waals surface area contributed by atoms with Crippen LogP contribution in [-0.2, 0) is 11.3 Å². The summed E-state index contributed by atoms with van der Waals surface area (Å²) < 4.78 is 30.6. The number of nitrogens with zero attached hydrogens (tertiary/aromatic N) is 3. The highest BCUT2D eigenvalue weighted by atomic mass is 19.3. The topological polar surface area (TPSA) is 84.7 Å². The SMILES string of the molecule is CN(C)C(=O)Cn1cc(-c2ccc(C(=O)O)c(OC(F)F)c2)cn1. The van der Waals surface area contributed by atoms with Gasteiger partial charge in [-0.1, -0.05) is 6.07 Å². The number of aromatic carboxylic acids is 1. The van der Waals surface area contributed by atoms with Crippen LogP contribution in [-0.4, -0.2) is 52.4 Å². The van der Waals surface area contributed by atoms with Crippen molar-refractivity contribution < 1.29 is 28.2 Å². The number of carbonyl (C=O) groups is 2. The average Bonchev–Trinajstić information content (AvgIpc) is 2.94. The fourth-order valence-corrected chi connectivity index (χ4v) is 1.95. The molecule has 1 aromatic heterocycles. The summed E-state index contributed by atoms with van der Waals surface area (Å²) in [5.74, 6) is -1.97. The molecule has 128 valence electrons. The monoisotopic (exact) mass is 339 g/mol. The summed E-state index contributed by atoms with van der Waals surface area (Å²) in [5, 5.41) is 13.0. The van der Waals surface area contributed by atoms with Crippen molar-refractivity contribution in [1.29, 1.82) is 0 Å². The maximum Gasteiger partial charge on any atom is 0.387 e. The van der Waals surface area contributed by atoms with Crippen molar-refractivity contribution in [1.82, 2.24) is 14.7 Å². The van der Waals surface area contributed by atoms with Crippen LogP contribution in [0.3, 0.4) is 0 Å². The number of alkyl halides is 2. The Balaban J connectivity index is 2.30. The Kier molecular flexibility index (Phi) is 5.12. The number of carboxylic acid groups (broad SMARTS) is 1. The first kappa shape index (κ1) is 17.4. The van der Waals surface area contributed by atoms with E-state index in [-0.39, 0.29) is 18.0 Å². The molecule has 0 bridgehead atoms. The van der Waals surface area contributed by atoms with E-state index in [1.54, 1.807) is 20.3 Å². The van der Waals surface area contributed by atoms with Crippen molar-refractivity contribution in [3.05, 3.63) is 36.2 Å². The van der Waals surface area contributed by atoms with E-state index in [1.807, 2.05) is 0 Å². The van der Waals surface area contributed by atoms with Crippen molar-refractivity contribution in [2.45, 2.75) is 13.2 Å². The van der Waals surface area contributed by atoms with Crippen LogP contribution >= 0.6 is 0 Å². The van der Waals surface area contributed by atoms with Crippen molar-refractivity contribution in [2.75, 3.05) is 14.1 Å². The van der Waals surface area contributed by atoms with E-state index >= 15 is 0 Å². The zero-order valence-corrected chi connectivity index (χ0v) is 12.9. The highest BCUT2D eigenvalue weighted by Crippen LogP contribution is 2.28. The minimum atomic E-state index is -3.14. The molecular formula is C15H15F2N3O4. The van der Waals surface area contributed by atoms with E-state index in [0.717, 1.165) is 0 Å². The number of halogens is 2. The second-order valence-electron chi connectivity index (χ2n) is 5.11. The summed E-state index contributed by atoms with van der Waals surface area (Å²) in [5.41, 5.74) is 0.617. The second kappa shape index (κ2) is 7.07. The molecule has 1 aromatic carbocycles. The quantitative estimate of drug-likeness (QED) is 0.869. The third kappa shape index (κ3) is 4.06. The molecule has 0 aliphatic carbocycles. The van der Waals surface area contributed by atoms with Crippen molar-refractivity contribution >= 4 is 11.9 Å². The zero-order valence-electron chi connectivity index (χ0n) is 12.9. The molecule has 1 amide bonds. The largest absolute Gasteiger partial charge is 0.478 e. The molecule has 2 aromatic rings. The van der Waals surface area contributed by atoms with Crippen LogP contribution in [0.25, 0.3) is 11.1 Å². The number of aromatic nitrogens is 2. The van der Waals surface area contributed by atoms with E-state index in [1.165, 1.54) is 34.0 Å². The van der Waals surface area contributed by atoms with E-state index in [9.17, 15) is 18.4 Å². The molecule has 1 N–H and O–H groups in total. The number of carbonyl (C=O) groups excluding carboxylic acids is 1. The van der Waals surface area contributed by atoms with Gasteiger partial charge in [0.1, 0.15) is 17.9 Å². The van der Waals surface area contributed by atoms with Crippen LogP contribution < -0.4 is 4.74 Å². The summed E-state index contributed by atoms with van der Waals surface area (Å²) in [4.78, 5) is 24.1. The van der Waals surface area contributed by atoms with Gasteiger partial charge in [-0.25, -0.2) is 4.79 Å². The normalized spacial score (nSPS) is 10.7. The lowest BCUT2D eigenvalue weighted by Crippen LogP contribution is -2.26. The fraction of sp³-hybridized carbons (Fsp3) is 0.267. The smallest absolute Gasteiger partial charge is 0.387 e. The Morgan fingerprint density at radius 1 is 1.33 bits per heavy atom. The van der Waals surface area contributed by atoms with Crippen LogP contribution in [0.1, 0.15) is 10.4 Å². The van der Waals surface area contributed by atoms with Gasteiger partial charge in [-0.2, -0.15) is 13.9 Å². The highest BCUT2D eigenvalue weighted by molar-refractivity contribution is 5.92. The summed E-state index contributed by atoms with van der Waals surface area (Å²) in [6, 6.07) is 3.83. The van der Waals surface area contributed by atoms with Crippen LogP contribution in [0.15, 0.2) is 30.6 Å². The van der Waals surface area contributed by atoms with Crippen molar-refractivity contribution in [3.63, 3.8) is 0 Å². The molecule has 0 unspecified atom stereocenters. The number of hydrogen-bond donors (Lipinski definition) is 1. The van der Waals surface area contributed by atoms with Gasteiger partial charge >= 0.3 is 12.6 Å². The predicted molar refractivity (Wildman–Crippen MR) is 79.9 cm³/mol. The minimum absolute atomic E-state index is 0.0284. The standard InChI is InChI=1S/C15H15F2N3O4/c1-19(2)13(21)8-20-7-10(6-18-20)9-3-4-11(14(22)23)12(5-9)24-15(16)17/h3-7,15H,8H2,1-2H3,(H,22,23).